The zero-order chi connectivity index (χ0) is 17.3. The number of nitriles is 1. The van der Waals surface area contributed by atoms with E-state index in [0.29, 0.717) is 17.0 Å². The predicted octanol–water partition coefficient (Wildman–Crippen LogP) is 2.62. The van der Waals surface area contributed by atoms with E-state index in [1.807, 2.05) is 30.3 Å². The molecule has 3 N–H and O–H groups in total. The average molecular weight is 319 g/mol. The Morgan fingerprint density at radius 2 is 1.92 bits per heavy atom. The van der Waals surface area contributed by atoms with Gasteiger partial charge in [0.05, 0.1) is 23.3 Å². The van der Waals surface area contributed by atoms with Gasteiger partial charge in [0.1, 0.15) is 23.1 Å². The zero-order valence-corrected chi connectivity index (χ0v) is 13.4. The molecule has 2 heterocycles. The average Bonchev–Trinajstić information content (AvgIpc) is 3.03. The first-order valence-corrected chi connectivity index (χ1v) is 7.45. The third-order valence-electron chi connectivity index (χ3n) is 3.71. The molecule has 0 saturated carbocycles. The van der Waals surface area contributed by atoms with Gasteiger partial charge in [-0.05, 0) is 38.1 Å². The van der Waals surface area contributed by atoms with Gasteiger partial charge in [0.15, 0.2) is 0 Å². The lowest BCUT2D eigenvalue weighted by Crippen LogP contribution is -2.19. The van der Waals surface area contributed by atoms with Crippen molar-refractivity contribution < 1.29 is 5.11 Å². The van der Waals surface area contributed by atoms with Crippen LogP contribution in [0.2, 0.25) is 0 Å². The van der Waals surface area contributed by atoms with E-state index in [4.69, 9.17) is 5.73 Å². The van der Waals surface area contributed by atoms with Crippen molar-refractivity contribution in [3.05, 3.63) is 59.9 Å². The van der Waals surface area contributed by atoms with E-state index in [-0.39, 0.29) is 11.4 Å². The van der Waals surface area contributed by atoms with Crippen LogP contribution >= 0.6 is 0 Å². The second kappa shape index (κ2) is 5.80. The number of benzene rings is 1. The van der Waals surface area contributed by atoms with Crippen molar-refractivity contribution in [1.29, 1.82) is 5.26 Å². The molecule has 0 atom stereocenters. The molecule has 3 rings (SSSR count). The summed E-state index contributed by atoms with van der Waals surface area (Å²) in [7, 11) is 0. The van der Waals surface area contributed by atoms with Gasteiger partial charge in [-0.2, -0.15) is 10.4 Å². The van der Waals surface area contributed by atoms with Crippen molar-refractivity contribution in [2.75, 3.05) is 5.73 Å². The van der Waals surface area contributed by atoms with Crippen molar-refractivity contribution in [3.63, 3.8) is 0 Å². The third-order valence-corrected chi connectivity index (χ3v) is 3.71. The van der Waals surface area contributed by atoms with Crippen LogP contribution in [0.25, 0.3) is 16.9 Å². The third kappa shape index (κ3) is 2.73. The van der Waals surface area contributed by atoms with Crippen molar-refractivity contribution in [3.8, 4) is 23.0 Å². The van der Waals surface area contributed by atoms with E-state index in [1.165, 1.54) is 0 Å². The number of pyridine rings is 1. The van der Waals surface area contributed by atoms with Crippen LogP contribution in [0.15, 0.2) is 48.7 Å². The normalized spacial score (nSPS) is 11.2. The molecule has 0 fully saturated rings. The Morgan fingerprint density at radius 3 is 2.54 bits per heavy atom. The van der Waals surface area contributed by atoms with E-state index in [1.54, 1.807) is 36.9 Å². The molecule has 3 aromatic rings. The molecule has 24 heavy (non-hydrogen) atoms. The summed E-state index contributed by atoms with van der Waals surface area (Å²) in [5, 5.41) is 24.1. The smallest absolute Gasteiger partial charge is 0.142 e. The molecule has 0 bridgehead atoms. The van der Waals surface area contributed by atoms with E-state index in [9.17, 15) is 10.4 Å². The molecule has 0 aliphatic rings. The molecule has 6 heteroatoms. The Morgan fingerprint density at radius 1 is 1.21 bits per heavy atom. The first-order valence-electron chi connectivity index (χ1n) is 7.45. The summed E-state index contributed by atoms with van der Waals surface area (Å²) < 4.78 is 1.73. The molecule has 0 radical (unpaired) electrons. The molecule has 6 nitrogen and oxygen atoms in total. The van der Waals surface area contributed by atoms with Gasteiger partial charge in [-0.3, -0.25) is 0 Å². The lowest BCUT2D eigenvalue weighted by molar-refractivity contribution is 0.0740. The number of rotatable bonds is 3. The van der Waals surface area contributed by atoms with Crippen molar-refractivity contribution in [2.24, 2.45) is 0 Å². The SMILES string of the molecule is CC(C)(O)c1cc(-c2ccnn2-c2ccccc2)c(C#N)c(N)n1. The van der Waals surface area contributed by atoms with E-state index in [0.717, 1.165) is 5.69 Å². The standard InChI is InChI=1S/C18H17N5O/c1-18(2,24)16-10-13(14(11-19)17(20)22-16)15-8-9-21-23(15)12-6-4-3-5-7-12/h3-10,24H,1-2H3,(H2,20,22). The molecule has 0 amide bonds. The Balaban J connectivity index is 2.26. The number of para-hydroxylation sites is 1. The van der Waals surface area contributed by atoms with Crippen LogP contribution in [0.5, 0.6) is 0 Å². The Hall–Kier alpha value is -3.17. The topological polar surface area (TPSA) is 101 Å². The summed E-state index contributed by atoms with van der Waals surface area (Å²) in [6.45, 7) is 3.25. The molecule has 2 aromatic heterocycles. The maximum atomic E-state index is 10.3. The molecular formula is C18H17N5O. The van der Waals surface area contributed by atoms with Gasteiger partial charge in [0.25, 0.3) is 0 Å². The minimum absolute atomic E-state index is 0.0907. The second-order valence-corrected chi connectivity index (χ2v) is 5.95. The van der Waals surface area contributed by atoms with E-state index in [2.05, 4.69) is 16.2 Å². The molecule has 1 aromatic carbocycles. The maximum absolute atomic E-state index is 10.3. The Labute approximate surface area is 139 Å². The highest BCUT2D eigenvalue weighted by atomic mass is 16.3. The molecular weight excluding hydrogens is 302 g/mol. The van der Waals surface area contributed by atoms with Crippen LogP contribution in [0, 0.1) is 11.3 Å². The molecule has 0 aliphatic carbocycles. The van der Waals surface area contributed by atoms with Crippen LogP contribution in [-0.4, -0.2) is 19.9 Å². The number of hydrogen-bond donors (Lipinski definition) is 2. The first-order chi connectivity index (χ1) is 11.4. The number of aromatic nitrogens is 3. The van der Waals surface area contributed by atoms with E-state index >= 15 is 0 Å². The van der Waals surface area contributed by atoms with Crippen LogP contribution in [0.3, 0.4) is 0 Å². The Kier molecular flexibility index (Phi) is 3.80. The number of aliphatic hydroxyl groups is 1. The summed E-state index contributed by atoms with van der Waals surface area (Å²) in [4.78, 5) is 4.16. The van der Waals surface area contributed by atoms with Crippen molar-refractivity contribution in [1.82, 2.24) is 14.8 Å². The highest BCUT2D eigenvalue weighted by Gasteiger charge is 2.23. The second-order valence-electron chi connectivity index (χ2n) is 5.95. The summed E-state index contributed by atoms with van der Waals surface area (Å²) >= 11 is 0. The molecule has 0 saturated heterocycles. The molecule has 0 aliphatic heterocycles. The van der Waals surface area contributed by atoms with Gasteiger partial charge in [-0.1, -0.05) is 18.2 Å². The van der Waals surface area contributed by atoms with Crippen LogP contribution in [-0.2, 0) is 5.60 Å². The summed E-state index contributed by atoms with van der Waals surface area (Å²) in [5.74, 6) is 0.0907. The number of hydrogen-bond acceptors (Lipinski definition) is 5. The number of nitrogens with two attached hydrogens (primary N) is 1. The fourth-order valence-corrected chi connectivity index (χ4v) is 2.48. The quantitative estimate of drug-likeness (QED) is 0.773. The van der Waals surface area contributed by atoms with Crippen LogP contribution < -0.4 is 5.73 Å². The highest BCUT2D eigenvalue weighted by molar-refractivity contribution is 5.74. The maximum Gasteiger partial charge on any atom is 0.142 e. The van der Waals surface area contributed by atoms with Gasteiger partial charge >= 0.3 is 0 Å². The van der Waals surface area contributed by atoms with Crippen LogP contribution in [0.1, 0.15) is 25.1 Å². The number of nitrogen functional groups attached to an aromatic ring is 1. The lowest BCUT2D eigenvalue weighted by Gasteiger charge is -2.19. The molecule has 0 unspecified atom stereocenters. The largest absolute Gasteiger partial charge is 0.384 e. The first kappa shape index (κ1) is 15.7. The van der Waals surface area contributed by atoms with Gasteiger partial charge in [-0.25, -0.2) is 9.67 Å². The molecule has 120 valence electrons. The Bertz CT molecular complexity index is 917. The minimum atomic E-state index is -1.17. The number of nitrogens with zero attached hydrogens (tertiary/aromatic N) is 4. The monoisotopic (exact) mass is 319 g/mol. The number of anilines is 1. The summed E-state index contributed by atoms with van der Waals surface area (Å²) in [5.41, 5.74) is 7.60. The van der Waals surface area contributed by atoms with Crippen molar-refractivity contribution >= 4 is 5.82 Å². The van der Waals surface area contributed by atoms with Gasteiger partial charge < -0.3 is 10.8 Å². The van der Waals surface area contributed by atoms with Crippen LogP contribution in [0.4, 0.5) is 5.82 Å². The van der Waals surface area contributed by atoms with Gasteiger partial charge in [-0.15, -0.1) is 0 Å². The fourth-order valence-electron chi connectivity index (χ4n) is 2.48. The molecule has 0 spiro atoms. The zero-order valence-electron chi connectivity index (χ0n) is 13.4. The lowest BCUT2D eigenvalue weighted by atomic mass is 9.98. The van der Waals surface area contributed by atoms with Crippen molar-refractivity contribution in [2.45, 2.75) is 19.4 Å². The van der Waals surface area contributed by atoms with Gasteiger partial charge in [0, 0.05) is 5.56 Å². The highest BCUT2D eigenvalue weighted by Crippen LogP contribution is 2.31. The van der Waals surface area contributed by atoms with Gasteiger partial charge in [0.2, 0.25) is 0 Å². The predicted molar refractivity (Wildman–Crippen MR) is 91.2 cm³/mol. The fraction of sp³-hybridized carbons (Fsp3) is 0.167. The van der Waals surface area contributed by atoms with E-state index < -0.39 is 5.60 Å². The summed E-state index contributed by atoms with van der Waals surface area (Å²) in [6.07, 6.45) is 1.66. The summed E-state index contributed by atoms with van der Waals surface area (Å²) in [6, 6.07) is 15.2. The minimum Gasteiger partial charge on any atom is -0.384 e.